The summed E-state index contributed by atoms with van der Waals surface area (Å²) in [5.74, 6) is 1.27. The monoisotopic (exact) mass is 359 g/mol. The van der Waals surface area contributed by atoms with Gasteiger partial charge in [0.05, 0.1) is 5.02 Å². The predicted octanol–water partition coefficient (Wildman–Crippen LogP) is 3.63. The fourth-order valence-electron chi connectivity index (χ4n) is 4.42. The van der Waals surface area contributed by atoms with Crippen LogP contribution in [-0.2, 0) is 0 Å². The molecule has 0 saturated heterocycles. The predicted molar refractivity (Wildman–Crippen MR) is 96.2 cm³/mol. The molecule has 4 rings (SSSR count). The second kappa shape index (κ2) is 6.81. The first-order valence-corrected chi connectivity index (χ1v) is 9.27. The molecule has 0 aliphatic heterocycles. The molecule has 0 spiro atoms. The first kappa shape index (κ1) is 16.6. The summed E-state index contributed by atoms with van der Waals surface area (Å²) >= 11 is 6.18. The van der Waals surface area contributed by atoms with Crippen LogP contribution in [0.1, 0.15) is 42.6 Å². The summed E-state index contributed by atoms with van der Waals surface area (Å²) in [6.07, 6.45) is 5.49. The normalized spacial score (nSPS) is 28.6. The molecule has 2 aromatic rings. The van der Waals surface area contributed by atoms with E-state index in [0.717, 1.165) is 31.2 Å². The number of hydrogen-bond acceptors (Lipinski definition) is 4. The summed E-state index contributed by atoms with van der Waals surface area (Å²) in [5, 5.41) is 7.70. The third-order valence-electron chi connectivity index (χ3n) is 5.56. The lowest BCUT2D eigenvalue weighted by Crippen LogP contribution is -2.53. The van der Waals surface area contributed by atoms with Gasteiger partial charge in [-0.3, -0.25) is 4.79 Å². The minimum atomic E-state index is -0.181. The maximum atomic E-state index is 12.7. The van der Waals surface area contributed by atoms with Crippen LogP contribution in [0.4, 0.5) is 0 Å². The van der Waals surface area contributed by atoms with E-state index < -0.39 is 0 Å². The zero-order chi connectivity index (χ0) is 17.4. The lowest BCUT2D eigenvalue weighted by atomic mass is 9.67. The number of nitrogens with one attached hydrogen (secondary N) is 1. The molecule has 3 N–H and O–H groups in total. The Bertz CT molecular complexity index is 762. The number of carbonyl (C=O) groups excluding carboxylic acids is 1. The number of rotatable bonds is 3. The SMILES string of the molecule is NC1CC2CCCC(C1)C2NC(=O)c1cc(-c2ccccc2Cl)on1. The van der Waals surface area contributed by atoms with Gasteiger partial charge in [-0.1, -0.05) is 35.3 Å². The van der Waals surface area contributed by atoms with Gasteiger partial charge in [0.1, 0.15) is 0 Å². The lowest BCUT2D eigenvalue weighted by molar-refractivity contribution is 0.0748. The van der Waals surface area contributed by atoms with Crippen molar-refractivity contribution in [1.29, 1.82) is 0 Å². The van der Waals surface area contributed by atoms with Gasteiger partial charge >= 0.3 is 0 Å². The van der Waals surface area contributed by atoms with Crippen LogP contribution in [0.3, 0.4) is 0 Å². The van der Waals surface area contributed by atoms with Crippen LogP contribution in [0, 0.1) is 11.8 Å². The van der Waals surface area contributed by atoms with E-state index in [1.807, 2.05) is 18.2 Å². The highest BCUT2D eigenvalue weighted by Gasteiger charge is 2.40. The molecule has 2 aliphatic rings. The first-order chi connectivity index (χ1) is 12.1. The number of halogens is 1. The molecule has 25 heavy (non-hydrogen) atoms. The van der Waals surface area contributed by atoms with Crippen molar-refractivity contribution in [3.63, 3.8) is 0 Å². The number of carbonyl (C=O) groups is 1. The van der Waals surface area contributed by atoms with Crippen LogP contribution in [-0.4, -0.2) is 23.1 Å². The van der Waals surface area contributed by atoms with Crippen molar-refractivity contribution in [2.45, 2.75) is 44.2 Å². The molecule has 0 radical (unpaired) electrons. The minimum Gasteiger partial charge on any atom is -0.355 e. The fourth-order valence-corrected chi connectivity index (χ4v) is 4.65. The number of amides is 1. The van der Waals surface area contributed by atoms with Gasteiger partial charge in [0.25, 0.3) is 5.91 Å². The molecular formula is C19H22ClN3O2. The van der Waals surface area contributed by atoms with Crippen LogP contribution in [0.15, 0.2) is 34.9 Å². The van der Waals surface area contributed by atoms with Crippen molar-refractivity contribution in [2.24, 2.45) is 17.6 Å². The van der Waals surface area contributed by atoms with E-state index in [1.165, 1.54) is 6.42 Å². The van der Waals surface area contributed by atoms with E-state index in [0.29, 0.717) is 28.3 Å². The minimum absolute atomic E-state index is 0.181. The molecule has 2 unspecified atom stereocenters. The Morgan fingerprint density at radius 2 is 1.96 bits per heavy atom. The third kappa shape index (κ3) is 3.31. The fraction of sp³-hybridized carbons (Fsp3) is 0.474. The average molecular weight is 360 g/mol. The molecule has 6 heteroatoms. The molecule has 1 heterocycles. The highest BCUT2D eigenvalue weighted by molar-refractivity contribution is 6.33. The molecule has 1 aromatic heterocycles. The summed E-state index contributed by atoms with van der Waals surface area (Å²) < 4.78 is 5.34. The van der Waals surface area contributed by atoms with Crippen LogP contribution >= 0.6 is 11.6 Å². The molecule has 5 nitrogen and oxygen atoms in total. The highest BCUT2D eigenvalue weighted by atomic mass is 35.5. The Hall–Kier alpha value is -1.85. The van der Waals surface area contributed by atoms with Crippen molar-refractivity contribution >= 4 is 17.5 Å². The van der Waals surface area contributed by atoms with Crippen molar-refractivity contribution < 1.29 is 9.32 Å². The first-order valence-electron chi connectivity index (χ1n) is 8.90. The van der Waals surface area contributed by atoms with E-state index in [1.54, 1.807) is 12.1 Å². The maximum absolute atomic E-state index is 12.7. The van der Waals surface area contributed by atoms with E-state index in [9.17, 15) is 4.79 Å². The third-order valence-corrected chi connectivity index (χ3v) is 5.89. The Kier molecular flexibility index (Phi) is 4.52. The summed E-state index contributed by atoms with van der Waals surface area (Å²) in [6.45, 7) is 0. The Morgan fingerprint density at radius 1 is 1.24 bits per heavy atom. The molecule has 132 valence electrons. The molecular weight excluding hydrogens is 338 g/mol. The lowest BCUT2D eigenvalue weighted by Gasteiger charge is -2.45. The topological polar surface area (TPSA) is 81.1 Å². The molecule has 1 amide bonds. The summed E-state index contributed by atoms with van der Waals surface area (Å²) in [5.41, 5.74) is 7.19. The second-order valence-corrected chi connectivity index (χ2v) is 7.65. The average Bonchev–Trinajstić information content (AvgIpc) is 3.06. The van der Waals surface area contributed by atoms with Gasteiger partial charge in [-0.15, -0.1) is 0 Å². The molecule has 2 fully saturated rings. The van der Waals surface area contributed by atoms with E-state index in [4.69, 9.17) is 21.9 Å². The van der Waals surface area contributed by atoms with Gasteiger partial charge in [-0.2, -0.15) is 0 Å². The number of benzene rings is 1. The van der Waals surface area contributed by atoms with Crippen molar-refractivity contribution in [3.05, 3.63) is 41.0 Å². The van der Waals surface area contributed by atoms with E-state index >= 15 is 0 Å². The Morgan fingerprint density at radius 3 is 2.68 bits per heavy atom. The quantitative estimate of drug-likeness (QED) is 0.876. The number of aromatic nitrogens is 1. The van der Waals surface area contributed by atoms with Gasteiger partial charge < -0.3 is 15.6 Å². The van der Waals surface area contributed by atoms with Crippen LogP contribution < -0.4 is 11.1 Å². The summed E-state index contributed by atoms with van der Waals surface area (Å²) in [6, 6.07) is 9.46. The molecule has 2 aliphatic carbocycles. The van der Waals surface area contributed by atoms with Crippen LogP contribution in [0.25, 0.3) is 11.3 Å². The number of hydrogen-bond donors (Lipinski definition) is 2. The molecule has 2 atom stereocenters. The van der Waals surface area contributed by atoms with Gasteiger partial charge in [0, 0.05) is 23.7 Å². The van der Waals surface area contributed by atoms with Crippen molar-refractivity contribution in [2.75, 3.05) is 0 Å². The zero-order valence-corrected chi connectivity index (χ0v) is 14.7. The number of nitrogens with zero attached hydrogens (tertiary/aromatic N) is 1. The summed E-state index contributed by atoms with van der Waals surface area (Å²) in [4.78, 5) is 12.7. The van der Waals surface area contributed by atoms with Gasteiger partial charge in [-0.05, 0) is 49.7 Å². The maximum Gasteiger partial charge on any atom is 0.273 e. The zero-order valence-electron chi connectivity index (χ0n) is 14.0. The molecule has 2 bridgehead atoms. The van der Waals surface area contributed by atoms with Gasteiger partial charge in [0.15, 0.2) is 11.5 Å². The Labute approximate surface area is 151 Å². The van der Waals surface area contributed by atoms with Gasteiger partial charge in [-0.25, -0.2) is 0 Å². The highest BCUT2D eigenvalue weighted by Crippen LogP contribution is 2.39. The van der Waals surface area contributed by atoms with Crippen LogP contribution in [0.5, 0.6) is 0 Å². The van der Waals surface area contributed by atoms with Crippen LogP contribution in [0.2, 0.25) is 5.02 Å². The van der Waals surface area contributed by atoms with E-state index in [-0.39, 0.29) is 18.0 Å². The molecule has 2 saturated carbocycles. The standard InChI is InChI=1S/C19H22ClN3O2/c20-15-7-2-1-6-14(15)17-10-16(23-25-17)19(24)22-18-11-4-3-5-12(18)9-13(21)8-11/h1-2,6-7,10-13,18H,3-5,8-9,21H2,(H,22,24). The number of nitrogens with two attached hydrogens (primary N) is 1. The van der Waals surface area contributed by atoms with Crippen molar-refractivity contribution in [3.8, 4) is 11.3 Å². The molecule has 1 aromatic carbocycles. The Balaban J connectivity index is 1.50. The second-order valence-electron chi connectivity index (χ2n) is 7.24. The van der Waals surface area contributed by atoms with Gasteiger partial charge in [0.2, 0.25) is 0 Å². The summed E-state index contributed by atoms with van der Waals surface area (Å²) in [7, 11) is 0. The smallest absolute Gasteiger partial charge is 0.273 e. The van der Waals surface area contributed by atoms with E-state index in [2.05, 4.69) is 10.5 Å². The van der Waals surface area contributed by atoms with Crippen molar-refractivity contribution in [1.82, 2.24) is 10.5 Å². The largest absolute Gasteiger partial charge is 0.355 e. The number of fused-ring (bicyclic) bond motifs is 2.